The summed E-state index contributed by atoms with van der Waals surface area (Å²) < 4.78 is 0. The Morgan fingerprint density at radius 1 is 0.913 bits per heavy atom. The average Bonchev–Trinajstić information content (AvgIpc) is 3.28. The van der Waals surface area contributed by atoms with Gasteiger partial charge < -0.3 is 0 Å². The van der Waals surface area contributed by atoms with Crippen molar-refractivity contribution in [3.63, 3.8) is 0 Å². The molecule has 0 unspecified atom stereocenters. The molecule has 23 heavy (non-hydrogen) atoms. The molecule has 0 heteroatoms. The van der Waals surface area contributed by atoms with Crippen molar-refractivity contribution in [1.82, 2.24) is 0 Å². The molecule has 0 nitrogen and oxygen atoms in total. The molecule has 3 aliphatic carbocycles. The normalized spacial score (nSPS) is 17.2. The maximum Gasteiger partial charge on any atom is -0.0354 e. The lowest BCUT2D eigenvalue weighted by molar-refractivity contribution is 0.563. The van der Waals surface area contributed by atoms with E-state index >= 15 is 0 Å². The van der Waals surface area contributed by atoms with Crippen LogP contribution in [0.2, 0.25) is 0 Å². The Kier molecular flexibility index (Phi) is 24.1. The van der Waals surface area contributed by atoms with E-state index in [0.717, 1.165) is 30.1 Å². The van der Waals surface area contributed by atoms with E-state index in [-0.39, 0.29) is 22.3 Å². The number of hydrogen-bond donors (Lipinski definition) is 0. The van der Waals surface area contributed by atoms with Crippen LogP contribution in [0.4, 0.5) is 0 Å². The summed E-state index contributed by atoms with van der Waals surface area (Å²) in [6.45, 7) is 16.9. The van der Waals surface area contributed by atoms with Crippen LogP contribution in [0, 0.1) is 23.7 Å². The van der Waals surface area contributed by atoms with Gasteiger partial charge in [0.05, 0.1) is 0 Å². The average molecular weight is 329 g/mol. The van der Waals surface area contributed by atoms with E-state index in [9.17, 15) is 0 Å². The van der Waals surface area contributed by atoms with Crippen molar-refractivity contribution in [2.24, 2.45) is 23.7 Å². The first-order chi connectivity index (χ1) is 9.40. The van der Waals surface area contributed by atoms with Crippen molar-refractivity contribution in [1.29, 1.82) is 0 Å². The van der Waals surface area contributed by atoms with Crippen LogP contribution in [0.3, 0.4) is 0 Å². The van der Waals surface area contributed by atoms with Gasteiger partial charge in [0.2, 0.25) is 0 Å². The minimum Gasteiger partial charge on any atom is -0.100 e. The van der Waals surface area contributed by atoms with Crippen LogP contribution in [0.1, 0.15) is 115 Å². The molecule has 0 spiro atoms. The summed E-state index contributed by atoms with van der Waals surface area (Å²) in [6.07, 6.45) is 11.5. The standard InChI is InChI=1S/C6H12.2C5H10.C4H8.3CH4/c1-5(2)6-3-4-6;1-2-5-3-4-5;1-4-5(2)3;1-4-2-3-4;;;/h5-6H,3-4H2,1-2H3;5H,2-4H2,1H3;2,4H2,1,3H3;4H,2-3H2,1H3;3*1H4. The number of hydrogen-bond acceptors (Lipinski definition) is 0. The highest BCUT2D eigenvalue weighted by Crippen LogP contribution is 2.35. The first-order valence-electron chi connectivity index (χ1n) is 9.04. The van der Waals surface area contributed by atoms with Gasteiger partial charge in [-0.15, -0.1) is 6.58 Å². The molecular formula is C23H52. The third kappa shape index (κ3) is 30.2. The Morgan fingerprint density at radius 2 is 1.26 bits per heavy atom. The lowest BCUT2D eigenvalue weighted by Crippen LogP contribution is -1.85. The molecule has 0 atom stereocenters. The van der Waals surface area contributed by atoms with Gasteiger partial charge in [-0.3, -0.25) is 0 Å². The Morgan fingerprint density at radius 3 is 1.26 bits per heavy atom. The molecule has 3 rings (SSSR count). The fourth-order valence-electron chi connectivity index (χ4n) is 1.46. The minimum atomic E-state index is 0. The second kappa shape index (κ2) is 18.1. The molecule has 0 N–H and O–H groups in total. The summed E-state index contributed by atoms with van der Waals surface area (Å²) in [4.78, 5) is 0. The molecule has 0 aliphatic heterocycles. The van der Waals surface area contributed by atoms with E-state index < -0.39 is 0 Å². The molecule has 0 bridgehead atoms. The van der Waals surface area contributed by atoms with Crippen molar-refractivity contribution >= 4 is 0 Å². The van der Waals surface area contributed by atoms with Gasteiger partial charge >= 0.3 is 0 Å². The van der Waals surface area contributed by atoms with Crippen molar-refractivity contribution in [2.75, 3.05) is 0 Å². The number of allylic oxidation sites excluding steroid dienone is 1. The molecule has 0 aromatic heterocycles. The second-order valence-electron chi connectivity index (χ2n) is 7.43. The molecule has 0 aromatic carbocycles. The Bertz CT molecular complexity index is 226. The summed E-state index contributed by atoms with van der Waals surface area (Å²) in [7, 11) is 0. The van der Waals surface area contributed by atoms with Crippen LogP contribution in [0.15, 0.2) is 12.2 Å². The molecular weight excluding hydrogens is 276 g/mol. The largest absolute Gasteiger partial charge is 0.100 e. The van der Waals surface area contributed by atoms with Gasteiger partial charge in [-0.1, -0.05) is 94.6 Å². The van der Waals surface area contributed by atoms with Gasteiger partial charge in [0, 0.05) is 0 Å². The van der Waals surface area contributed by atoms with Gasteiger partial charge in [0.25, 0.3) is 0 Å². The summed E-state index contributed by atoms with van der Waals surface area (Å²) in [5.41, 5.74) is 1.25. The highest BCUT2D eigenvalue weighted by Gasteiger charge is 2.23. The van der Waals surface area contributed by atoms with E-state index in [1.807, 2.05) is 6.92 Å². The number of rotatable bonds is 3. The maximum absolute atomic E-state index is 3.67. The lowest BCUT2D eigenvalue weighted by Gasteiger charge is -1.94. The van der Waals surface area contributed by atoms with Crippen molar-refractivity contribution < 1.29 is 0 Å². The quantitative estimate of drug-likeness (QED) is 0.453. The highest BCUT2D eigenvalue weighted by atomic mass is 14.3. The van der Waals surface area contributed by atoms with Crippen LogP contribution >= 0.6 is 0 Å². The Balaban J connectivity index is -0.000000101. The fourth-order valence-corrected chi connectivity index (χ4v) is 1.46. The fraction of sp³-hybridized carbons (Fsp3) is 0.913. The maximum atomic E-state index is 3.67. The second-order valence-corrected chi connectivity index (χ2v) is 7.43. The van der Waals surface area contributed by atoms with Gasteiger partial charge in [0.15, 0.2) is 0 Å². The van der Waals surface area contributed by atoms with Crippen LogP contribution in [0.25, 0.3) is 0 Å². The van der Waals surface area contributed by atoms with Crippen LogP contribution in [0.5, 0.6) is 0 Å². The topological polar surface area (TPSA) is 0 Å². The molecule has 0 saturated heterocycles. The predicted molar refractivity (Wildman–Crippen MR) is 114 cm³/mol. The third-order valence-electron chi connectivity index (χ3n) is 4.31. The Labute approximate surface area is 151 Å². The zero-order valence-electron chi connectivity index (χ0n) is 15.2. The molecule has 3 aliphatic rings. The van der Waals surface area contributed by atoms with E-state index in [0.29, 0.717) is 0 Å². The molecule has 144 valence electrons. The first kappa shape index (κ1) is 30.6. The molecule has 0 aromatic rings. The first-order valence-corrected chi connectivity index (χ1v) is 9.04. The van der Waals surface area contributed by atoms with Crippen molar-refractivity contribution in [3.8, 4) is 0 Å². The van der Waals surface area contributed by atoms with E-state index in [1.54, 1.807) is 0 Å². The van der Waals surface area contributed by atoms with E-state index in [4.69, 9.17) is 0 Å². The van der Waals surface area contributed by atoms with Gasteiger partial charge in [0.1, 0.15) is 0 Å². The van der Waals surface area contributed by atoms with Crippen LogP contribution in [-0.2, 0) is 0 Å². The lowest BCUT2D eigenvalue weighted by atomic mass is 10.1. The van der Waals surface area contributed by atoms with Gasteiger partial charge in [-0.2, -0.15) is 0 Å². The molecule has 0 radical (unpaired) electrons. The monoisotopic (exact) mass is 328 g/mol. The zero-order chi connectivity index (χ0) is 15.5. The van der Waals surface area contributed by atoms with Crippen molar-refractivity contribution in [3.05, 3.63) is 12.2 Å². The molecule has 0 amide bonds. The Hall–Kier alpha value is -0.260. The molecule has 3 saturated carbocycles. The molecule has 3 fully saturated rings. The molecule has 0 heterocycles. The van der Waals surface area contributed by atoms with Crippen LogP contribution < -0.4 is 0 Å². The highest BCUT2D eigenvalue weighted by molar-refractivity contribution is 4.84. The van der Waals surface area contributed by atoms with Gasteiger partial charge in [-0.05, 0) is 49.9 Å². The van der Waals surface area contributed by atoms with Crippen LogP contribution in [-0.4, -0.2) is 0 Å². The SMILES string of the molecule is C.C.C.C=C(C)CC.CC(C)C1CC1.CC1CC1.CCC1CC1. The summed E-state index contributed by atoms with van der Waals surface area (Å²) in [5, 5.41) is 0. The zero-order valence-corrected chi connectivity index (χ0v) is 15.2. The third-order valence-corrected chi connectivity index (χ3v) is 4.31. The van der Waals surface area contributed by atoms with Crippen molar-refractivity contribution in [2.45, 2.75) is 115 Å². The smallest absolute Gasteiger partial charge is 0.0354 e. The van der Waals surface area contributed by atoms with Gasteiger partial charge in [-0.25, -0.2) is 0 Å². The minimum absolute atomic E-state index is 0. The summed E-state index contributed by atoms with van der Waals surface area (Å²) in [6, 6.07) is 0. The summed E-state index contributed by atoms with van der Waals surface area (Å²) in [5.74, 6) is 4.28. The predicted octanol–water partition coefficient (Wildman–Crippen LogP) is 9.16. The van der Waals surface area contributed by atoms with E-state index in [2.05, 4.69) is 41.2 Å². The van der Waals surface area contributed by atoms with E-state index in [1.165, 1.54) is 50.5 Å². The summed E-state index contributed by atoms with van der Waals surface area (Å²) >= 11 is 0.